The molecule has 3 N–H and O–H groups in total. The maximum atomic E-state index is 9.82. The quantitative estimate of drug-likeness (QED) is 0.633. The van der Waals surface area contributed by atoms with Gasteiger partial charge in [-0.3, -0.25) is 0 Å². The molecule has 0 spiro atoms. The van der Waals surface area contributed by atoms with Crippen molar-refractivity contribution in [3.05, 3.63) is 28.8 Å². The molecule has 0 saturated carbocycles. The van der Waals surface area contributed by atoms with E-state index in [1.807, 2.05) is 30.8 Å². The Labute approximate surface area is 114 Å². The molecule has 0 atom stereocenters. The third-order valence-corrected chi connectivity index (χ3v) is 3.95. The van der Waals surface area contributed by atoms with Crippen molar-refractivity contribution in [1.29, 1.82) is 0 Å². The number of benzene rings is 1. The fraction of sp³-hybridized carbons (Fsp3) is 0.571. The van der Waals surface area contributed by atoms with Crippen LogP contribution >= 0.6 is 11.8 Å². The SMILES string of the molecule is Cc1cc(O)c(CNCCSCCCO)cc1C. The van der Waals surface area contributed by atoms with Gasteiger partial charge >= 0.3 is 0 Å². The first-order valence-electron chi connectivity index (χ1n) is 6.33. The lowest BCUT2D eigenvalue weighted by molar-refractivity contribution is 0.296. The minimum atomic E-state index is 0.275. The Balaban J connectivity index is 2.25. The van der Waals surface area contributed by atoms with Crippen LogP contribution < -0.4 is 5.32 Å². The number of aromatic hydroxyl groups is 1. The Bertz CT molecular complexity index is 369. The largest absolute Gasteiger partial charge is 0.508 e. The van der Waals surface area contributed by atoms with Gasteiger partial charge in [-0.2, -0.15) is 11.8 Å². The zero-order valence-electron chi connectivity index (χ0n) is 11.2. The van der Waals surface area contributed by atoms with Crippen LogP contribution in [0.25, 0.3) is 0 Å². The summed E-state index contributed by atoms with van der Waals surface area (Å²) in [6.45, 7) is 5.96. The van der Waals surface area contributed by atoms with Crippen molar-refractivity contribution in [3.8, 4) is 5.75 Å². The minimum Gasteiger partial charge on any atom is -0.508 e. The van der Waals surface area contributed by atoms with Crippen LogP contribution in [0.4, 0.5) is 0 Å². The summed E-state index contributed by atoms with van der Waals surface area (Å²) in [5, 5.41) is 21.8. The molecule has 0 amide bonds. The topological polar surface area (TPSA) is 52.5 Å². The highest BCUT2D eigenvalue weighted by atomic mass is 32.2. The number of aliphatic hydroxyl groups excluding tert-OH is 1. The molecule has 0 aliphatic carbocycles. The summed E-state index contributed by atoms with van der Waals surface area (Å²) in [6.07, 6.45) is 0.864. The number of hydrogen-bond donors (Lipinski definition) is 3. The van der Waals surface area contributed by atoms with Gasteiger partial charge in [0.25, 0.3) is 0 Å². The molecule has 1 rings (SSSR count). The molecular formula is C14H23NO2S. The number of rotatable bonds is 8. The molecule has 4 heteroatoms. The van der Waals surface area contributed by atoms with Gasteiger partial charge in [-0.25, -0.2) is 0 Å². The van der Waals surface area contributed by atoms with E-state index in [-0.39, 0.29) is 6.61 Å². The van der Waals surface area contributed by atoms with E-state index in [9.17, 15) is 5.11 Å². The first kappa shape index (κ1) is 15.3. The lowest BCUT2D eigenvalue weighted by Crippen LogP contribution is -2.17. The molecule has 0 unspecified atom stereocenters. The fourth-order valence-corrected chi connectivity index (χ4v) is 2.46. The first-order chi connectivity index (χ1) is 8.65. The van der Waals surface area contributed by atoms with Crippen molar-refractivity contribution in [2.75, 3.05) is 24.7 Å². The van der Waals surface area contributed by atoms with E-state index in [0.717, 1.165) is 35.6 Å². The van der Waals surface area contributed by atoms with E-state index in [1.165, 1.54) is 5.56 Å². The zero-order chi connectivity index (χ0) is 13.4. The monoisotopic (exact) mass is 269 g/mol. The third kappa shape index (κ3) is 5.29. The maximum absolute atomic E-state index is 9.82. The number of phenolic OH excluding ortho intramolecular Hbond substituents is 1. The molecule has 0 saturated heterocycles. The number of hydrogen-bond acceptors (Lipinski definition) is 4. The summed E-state index contributed by atoms with van der Waals surface area (Å²) in [5.74, 6) is 2.41. The predicted molar refractivity (Wildman–Crippen MR) is 78.3 cm³/mol. The van der Waals surface area contributed by atoms with Crippen LogP contribution in [0.1, 0.15) is 23.1 Å². The second-order valence-corrected chi connectivity index (χ2v) is 5.66. The van der Waals surface area contributed by atoms with Crippen molar-refractivity contribution in [2.24, 2.45) is 0 Å². The van der Waals surface area contributed by atoms with Gasteiger partial charge in [0, 0.05) is 31.0 Å². The predicted octanol–water partition coefficient (Wildman–Crippen LogP) is 2.21. The molecule has 0 heterocycles. The van der Waals surface area contributed by atoms with Crippen LogP contribution in [0.15, 0.2) is 12.1 Å². The molecule has 1 aromatic carbocycles. The van der Waals surface area contributed by atoms with Gasteiger partial charge < -0.3 is 15.5 Å². The average molecular weight is 269 g/mol. The smallest absolute Gasteiger partial charge is 0.120 e. The van der Waals surface area contributed by atoms with Gasteiger partial charge in [0.05, 0.1) is 0 Å². The highest BCUT2D eigenvalue weighted by Gasteiger charge is 2.03. The van der Waals surface area contributed by atoms with Crippen molar-refractivity contribution in [2.45, 2.75) is 26.8 Å². The molecule has 102 valence electrons. The fourth-order valence-electron chi connectivity index (χ4n) is 1.64. The second kappa shape index (κ2) is 8.40. The molecule has 0 radical (unpaired) electrons. The van der Waals surface area contributed by atoms with E-state index in [0.29, 0.717) is 12.3 Å². The van der Waals surface area contributed by atoms with E-state index >= 15 is 0 Å². The standard InChI is InChI=1S/C14H23NO2S/c1-11-8-13(14(17)9-12(11)2)10-15-4-7-18-6-3-5-16/h8-9,15-17H,3-7,10H2,1-2H3. The summed E-state index contributed by atoms with van der Waals surface area (Å²) >= 11 is 1.84. The summed E-state index contributed by atoms with van der Waals surface area (Å²) < 4.78 is 0. The van der Waals surface area contributed by atoms with Crippen molar-refractivity contribution in [3.63, 3.8) is 0 Å². The second-order valence-electron chi connectivity index (χ2n) is 4.43. The van der Waals surface area contributed by atoms with Crippen LogP contribution in [0.3, 0.4) is 0 Å². The zero-order valence-corrected chi connectivity index (χ0v) is 12.0. The lowest BCUT2D eigenvalue weighted by Gasteiger charge is -2.09. The Morgan fingerprint density at radius 3 is 2.61 bits per heavy atom. The summed E-state index contributed by atoms with van der Waals surface area (Å²) in [7, 11) is 0. The molecule has 0 fully saturated rings. The third-order valence-electron chi connectivity index (χ3n) is 2.88. The van der Waals surface area contributed by atoms with Crippen molar-refractivity contribution >= 4 is 11.8 Å². The molecule has 18 heavy (non-hydrogen) atoms. The van der Waals surface area contributed by atoms with Crippen LogP contribution in [0.2, 0.25) is 0 Å². The number of aryl methyl sites for hydroxylation is 2. The van der Waals surface area contributed by atoms with Gasteiger partial charge in [0.2, 0.25) is 0 Å². The Morgan fingerprint density at radius 2 is 1.89 bits per heavy atom. The highest BCUT2D eigenvalue weighted by molar-refractivity contribution is 7.99. The molecule has 1 aromatic rings. The summed E-state index contributed by atoms with van der Waals surface area (Å²) in [4.78, 5) is 0. The lowest BCUT2D eigenvalue weighted by atomic mass is 10.1. The Kier molecular flexibility index (Phi) is 7.16. The number of nitrogens with one attached hydrogen (secondary N) is 1. The summed E-state index contributed by atoms with van der Waals surface area (Å²) in [6, 6.07) is 3.86. The van der Waals surface area contributed by atoms with Crippen molar-refractivity contribution < 1.29 is 10.2 Å². The van der Waals surface area contributed by atoms with E-state index in [1.54, 1.807) is 0 Å². The molecule has 0 aromatic heterocycles. The van der Waals surface area contributed by atoms with Crippen LogP contribution in [-0.2, 0) is 6.54 Å². The summed E-state index contributed by atoms with van der Waals surface area (Å²) in [5.41, 5.74) is 3.29. The van der Waals surface area contributed by atoms with Crippen molar-refractivity contribution in [1.82, 2.24) is 5.32 Å². The van der Waals surface area contributed by atoms with Gasteiger partial charge in [-0.05, 0) is 43.2 Å². The van der Waals surface area contributed by atoms with E-state index < -0.39 is 0 Å². The highest BCUT2D eigenvalue weighted by Crippen LogP contribution is 2.21. The molecule has 0 aliphatic rings. The van der Waals surface area contributed by atoms with E-state index in [4.69, 9.17) is 5.11 Å². The van der Waals surface area contributed by atoms with Gasteiger partial charge in [-0.15, -0.1) is 0 Å². The maximum Gasteiger partial charge on any atom is 0.120 e. The molecule has 0 bridgehead atoms. The molecular weight excluding hydrogens is 246 g/mol. The number of phenols is 1. The van der Waals surface area contributed by atoms with E-state index in [2.05, 4.69) is 12.2 Å². The Morgan fingerprint density at radius 1 is 1.17 bits per heavy atom. The normalized spacial score (nSPS) is 10.8. The Hall–Kier alpha value is -0.710. The van der Waals surface area contributed by atoms with Gasteiger partial charge in [0.1, 0.15) is 5.75 Å². The van der Waals surface area contributed by atoms with Gasteiger partial charge in [0.15, 0.2) is 0 Å². The first-order valence-corrected chi connectivity index (χ1v) is 7.49. The molecule has 3 nitrogen and oxygen atoms in total. The van der Waals surface area contributed by atoms with Crippen LogP contribution in [-0.4, -0.2) is 34.9 Å². The average Bonchev–Trinajstić information content (AvgIpc) is 2.34. The van der Waals surface area contributed by atoms with Crippen LogP contribution in [0.5, 0.6) is 5.75 Å². The minimum absolute atomic E-state index is 0.275. The van der Waals surface area contributed by atoms with Gasteiger partial charge in [-0.1, -0.05) is 6.07 Å². The number of thioether (sulfide) groups is 1. The van der Waals surface area contributed by atoms with Crippen LogP contribution in [0, 0.1) is 13.8 Å². The number of aliphatic hydroxyl groups is 1. The molecule has 0 aliphatic heterocycles.